The van der Waals surface area contributed by atoms with Crippen molar-refractivity contribution in [3.63, 3.8) is 0 Å². The number of hydrogen-bond donors (Lipinski definition) is 1. The fourth-order valence-corrected chi connectivity index (χ4v) is 3.06. The third kappa shape index (κ3) is 4.09. The van der Waals surface area contributed by atoms with Gasteiger partial charge in [0.15, 0.2) is 0 Å². The zero-order valence-corrected chi connectivity index (χ0v) is 13.5. The van der Waals surface area contributed by atoms with Crippen LogP contribution in [-0.2, 0) is 9.53 Å². The molecule has 1 rings (SSSR count). The molecule has 0 spiro atoms. The van der Waals surface area contributed by atoms with Gasteiger partial charge in [-0.05, 0) is 25.2 Å². The van der Waals surface area contributed by atoms with Gasteiger partial charge in [-0.15, -0.1) is 0 Å². The summed E-state index contributed by atoms with van der Waals surface area (Å²) in [6.45, 7) is 7.45. The molecule has 2 unspecified atom stereocenters. The Kier molecular flexibility index (Phi) is 6.95. The average molecular weight is 300 g/mol. The molecule has 2 amide bonds. The highest BCUT2D eigenvalue weighted by molar-refractivity contribution is 5.83. The van der Waals surface area contributed by atoms with Crippen LogP contribution in [0.3, 0.4) is 0 Å². The van der Waals surface area contributed by atoms with Crippen LogP contribution in [0.25, 0.3) is 0 Å². The Morgan fingerprint density at radius 2 is 2.00 bits per heavy atom. The van der Waals surface area contributed by atoms with E-state index in [4.69, 9.17) is 4.74 Å². The number of aliphatic carboxylic acids is 1. The first kappa shape index (κ1) is 17.8. The SMILES string of the molecule is CCC(CC)N(CCOC)C(=O)N1CCC(C)C1C(=O)O. The van der Waals surface area contributed by atoms with Gasteiger partial charge in [-0.3, -0.25) is 0 Å². The van der Waals surface area contributed by atoms with E-state index in [1.165, 1.54) is 4.90 Å². The summed E-state index contributed by atoms with van der Waals surface area (Å²) >= 11 is 0. The summed E-state index contributed by atoms with van der Waals surface area (Å²) in [5.41, 5.74) is 0. The van der Waals surface area contributed by atoms with Crippen LogP contribution in [0.1, 0.15) is 40.0 Å². The largest absolute Gasteiger partial charge is 0.480 e. The fraction of sp³-hybridized carbons (Fsp3) is 0.867. The van der Waals surface area contributed by atoms with Crippen LogP contribution in [0.4, 0.5) is 4.79 Å². The number of carboxylic acids is 1. The van der Waals surface area contributed by atoms with Gasteiger partial charge in [0.25, 0.3) is 0 Å². The number of rotatable bonds is 7. The van der Waals surface area contributed by atoms with Crippen molar-refractivity contribution in [2.45, 2.75) is 52.1 Å². The highest BCUT2D eigenvalue weighted by atomic mass is 16.5. The van der Waals surface area contributed by atoms with Crippen molar-refractivity contribution in [2.24, 2.45) is 5.92 Å². The van der Waals surface area contributed by atoms with E-state index >= 15 is 0 Å². The molecule has 0 aromatic rings. The van der Waals surface area contributed by atoms with Gasteiger partial charge in [-0.1, -0.05) is 20.8 Å². The molecule has 1 aliphatic heterocycles. The molecule has 2 atom stereocenters. The summed E-state index contributed by atoms with van der Waals surface area (Å²) in [5, 5.41) is 9.38. The first-order valence-corrected chi connectivity index (χ1v) is 7.76. The van der Waals surface area contributed by atoms with E-state index in [2.05, 4.69) is 0 Å². The highest BCUT2D eigenvalue weighted by Gasteiger charge is 2.41. The lowest BCUT2D eigenvalue weighted by atomic mass is 10.0. The fourth-order valence-electron chi connectivity index (χ4n) is 3.06. The monoisotopic (exact) mass is 300 g/mol. The number of likely N-dealkylation sites (tertiary alicyclic amines) is 1. The summed E-state index contributed by atoms with van der Waals surface area (Å²) in [7, 11) is 1.60. The van der Waals surface area contributed by atoms with Gasteiger partial charge in [0, 0.05) is 26.2 Å². The maximum absolute atomic E-state index is 12.8. The molecule has 122 valence electrons. The number of carbonyl (C=O) groups is 2. The first-order valence-electron chi connectivity index (χ1n) is 7.76. The summed E-state index contributed by atoms with van der Waals surface area (Å²) in [5.74, 6) is -0.915. The zero-order chi connectivity index (χ0) is 16.0. The van der Waals surface area contributed by atoms with Crippen LogP contribution in [0, 0.1) is 5.92 Å². The lowest BCUT2D eigenvalue weighted by Crippen LogP contribution is -2.53. The minimum absolute atomic E-state index is 0.00238. The molecule has 6 nitrogen and oxygen atoms in total. The smallest absolute Gasteiger partial charge is 0.326 e. The standard InChI is InChI=1S/C15H28N2O4/c1-5-12(6-2)16(9-10-21-4)15(20)17-8-7-11(3)13(17)14(18)19/h11-13H,5-10H2,1-4H3,(H,18,19). The molecular formula is C15H28N2O4. The molecule has 6 heteroatoms. The molecule has 21 heavy (non-hydrogen) atoms. The van der Waals surface area contributed by atoms with E-state index in [-0.39, 0.29) is 18.0 Å². The van der Waals surface area contributed by atoms with Gasteiger partial charge < -0.3 is 19.6 Å². The third-order valence-corrected chi connectivity index (χ3v) is 4.36. The highest BCUT2D eigenvalue weighted by Crippen LogP contribution is 2.26. The van der Waals surface area contributed by atoms with Crippen LogP contribution in [0.2, 0.25) is 0 Å². The molecule has 0 radical (unpaired) electrons. The number of carbonyl (C=O) groups excluding carboxylic acids is 1. The predicted octanol–water partition coefficient (Wildman–Crippen LogP) is 2.04. The summed E-state index contributed by atoms with van der Waals surface area (Å²) < 4.78 is 5.09. The summed E-state index contributed by atoms with van der Waals surface area (Å²) in [6.07, 6.45) is 2.45. The zero-order valence-electron chi connectivity index (χ0n) is 13.5. The van der Waals surface area contributed by atoms with Crippen LogP contribution in [0.15, 0.2) is 0 Å². The topological polar surface area (TPSA) is 70.1 Å². The Balaban J connectivity index is 2.90. The number of nitrogens with zero attached hydrogens (tertiary/aromatic N) is 2. The van der Waals surface area contributed by atoms with Crippen LogP contribution >= 0.6 is 0 Å². The van der Waals surface area contributed by atoms with Crippen molar-refractivity contribution in [3.8, 4) is 0 Å². The molecule has 1 aliphatic rings. The number of amides is 2. The van der Waals surface area contributed by atoms with E-state index < -0.39 is 12.0 Å². The van der Waals surface area contributed by atoms with Crippen LogP contribution in [0.5, 0.6) is 0 Å². The van der Waals surface area contributed by atoms with E-state index in [0.717, 1.165) is 19.3 Å². The minimum atomic E-state index is -0.912. The molecule has 1 N–H and O–H groups in total. The summed E-state index contributed by atoms with van der Waals surface area (Å²) in [4.78, 5) is 27.5. The predicted molar refractivity (Wildman–Crippen MR) is 80.3 cm³/mol. The van der Waals surface area contributed by atoms with Crippen molar-refractivity contribution in [1.82, 2.24) is 9.80 Å². The minimum Gasteiger partial charge on any atom is -0.480 e. The molecule has 1 saturated heterocycles. The van der Waals surface area contributed by atoms with E-state index in [1.54, 1.807) is 12.0 Å². The third-order valence-electron chi connectivity index (χ3n) is 4.36. The lowest BCUT2D eigenvalue weighted by molar-refractivity contribution is -0.142. The van der Waals surface area contributed by atoms with E-state index in [1.807, 2.05) is 20.8 Å². The Labute approximate surface area is 127 Å². The number of methoxy groups -OCH3 is 1. The van der Waals surface area contributed by atoms with Crippen molar-refractivity contribution in [2.75, 3.05) is 26.8 Å². The number of urea groups is 1. The maximum atomic E-state index is 12.8. The molecule has 0 aromatic carbocycles. The van der Waals surface area contributed by atoms with Crippen LogP contribution < -0.4 is 0 Å². The maximum Gasteiger partial charge on any atom is 0.326 e. The second-order valence-electron chi connectivity index (χ2n) is 5.68. The van der Waals surface area contributed by atoms with Gasteiger partial charge in [-0.25, -0.2) is 9.59 Å². The Bertz CT molecular complexity index is 358. The van der Waals surface area contributed by atoms with Gasteiger partial charge in [0.05, 0.1) is 6.61 Å². The van der Waals surface area contributed by atoms with Crippen molar-refractivity contribution >= 4 is 12.0 Å². The Morgan fingerprint density at radius 1 is 1.38 bits per heavy atom. The Morgan fingerprint density at radius 3 is 2.48 bits per heavy atom. The number of carboxylic acid groups (broad SMARTS) is 1. The van der Waals surface area contributed by atoms with Crippen molar-refractivity contribution in [3.05, 3.63) is 0 Å². The molecule has 0 saturated carbocycles. The molecule has 0 aromatic heterocycles. The first-order chi connectivity index (χ1) is 9.97. The molecular weight excluding hydrogens is 272 g/mol. The second-order valence-corrected chi connectivity index (χ2v) is 5.68. The van der Waals surface area contributed by atoms with Crippen LogP contribution in [-0.4, -0.2) is 65.8 Å². The number of hydrogen-bond acceptors (Lipinski definition) is 3. The van der Waals surface area contributed by atoms with Gasteiger partial charge in [0.1, 0.15) is 6.04 Å². The number of ether oxygens (including phenoxy) is 1. The van der Waals surface area contributed by atoms with E-state index in [9.17, 15) is 14.7 Å². The van der Waals surface area contributed by atoms with Gasteiger partial charge in [0.2, 0.25) is 0 Å². The van der Waals surface area contributed by atoms with Crippen molar-refractivity contribution < 1.29 is 19.4 Å². The molecule has 0 aliphatic carbocycles. The molecule has 1 heterocycles. The average Bonchev–Trinajstić information content (AvgIpc) is 2.84. The van der Waals surface area contributed by atoms with Gasteiger partial charge in [-0.2, -0.15) is 0 Å². The molecule has 1 fully saturated rings. The summed E-state index contributed by atoms with van der Waals surface area (Å²) in [6, 6.07) is -0.757. The van der Waals surface area contributed by atoms with Crippen molar-refractivity contribution in [1.29, 1.82) is 0 Å². The second kappa shape index (κ2) is 8.22. The lowest BCUT2D eigenvalue weighted by Gasteiger charge is -2.35. The van der Waals surface area contributed by atoms with E-state index in [0.29, 0.717) is 19.7 Å². The normalized spacial score (nSPS) is 21.9. The Hall–Kier alpha value is -1.30. The van der Waals surface area contributed by atoms with Gasteiger partial charge >= 0.3 is 12.0 Å². The molecule has 0 bridgehead atoms. The quantitative estimate of drug-likeness (QED) is 0.781.